The lowest BCUT2D eigenvalue weighted by Crippen LogP contribution is -2.59. The molecule has 5 atom stereocenters. The molecule has 15 nitrogen and oxygen atoms in total. The molecule has 206 valence electrons. The SMILES string of the molecule is CC(O)C(NC(=O)C(Cc1ccc(O)cc1)NC(=O)C(CO)NC(=O)C(N)CCCN=C(N)N)C(=O)O. The Bertz CT molecular complexity index is 951. The topological polar surface area (TPSA) is 276 Å². The maximum Gasteiger partial charge on any atom is 0.328 e. The number of rotatable bonds is 15. The van der Waals surface area contributed by atoms with E-state index in [0.717, 1.165) is 0 Å². The highest BCUT2D eigenvalue weighted by molar-refractivity contribution is 5.94. The zero-order chi connectivity index (χ0) is 28.1. The van der Waals surface area contributed by atoms with Gasteiger partial charge in [-0.2, -0.15) is 0 Å². The summed E-state index contributed by atoms with van der Waals surface area (Å²) in [5.41, 5.74) is 16.8. The van der Waals surface area contributed by atoms with Crippen LogP contribution in [0.4, 0.5) is 0 Å². The van der Waals surface area contributed by atoms with E-state index >= 15 is 0 Å². The van der Waals surface area contributed by atoms with Crippen molar-refractivity contribution in [3.8, 4) is 5.75 Å². The molecule has 13 N–H and O–H groups in total. The van der Waals surface area contributed by atoms with Gasteiger partial charge >= 0.3 is 5.97 Å². The van der Waals surface area contributed by atoms with E-state index in [0.29, 0.717) is 12.0 Å². The fourth-order valence-corrected chi connectivity index (χ4v) is 3.12. The summed E-state index contributed by atoms with van der Waals surface area (Å²) in [4.78, 5) is 53.2. The average Bonchev–Trinajstić information content (AvgIpc) is 2.83. The lowest BCUT2D eigenvalue weighted by Gasteiger charge is -2.25. The van der Waals surface area contributed by atoms with Gasteiger partial charge in [-0.1, -0.05) is 12.1 Å². The molecule has 1 aromatic rings. The van der Waals surface area contributed by atoms with Crippen molar-refractivity contribution in [3.05, 3.63) is 29.8 Å². The summed E-state index contributed by atoms with van der Waals surface area (Å²) in [7, 11) is 0. The Labute approximate surface area is 213 Å². The van der Waals surface area contributed by atoms with E-state index in [1.807, 2.05) is 0 Å². The minimum Gasteiger partial charge on any atom is -0.508 e. The van der Waals surface area contributed by atoms with Gasteiger partial charge in [0.2, 0.25) is 17.7 Å². The summed E-state index contributed by atoms with van der Waals surface area (Å²) in [5, 5.41) is 44.9. The number of nitrogens with zero attached hydrogens (tertiary/aromatic N) is 1. The second kappa shape index (κ2) is 15.2. The lowest BCUT2D eigenvalue weighted by molar-refractivity contribution is -0.145. The molecule has 0 saturated carbocycles. The molecule has 0 saturated heterocycles. The largest absolute Gasteiger partial charge is 0.508 e. The number of aliphatic imine (C=N–C) groups is 1. The highest BCUT2D eigenvalue weighted by atomic mass is 16.4. The minimum atomic E-state index is -1.66. The molecule has 5 unspecified atom stereocenters. The van der Waals surface area contributed by atoms with Gasteiger partial charge in [-0.15, -0.1) is 0 Å². The summed E-state index contributed by atoms with van der Waals surface area (Å²) in [6.07, 6.45) is -1.01. The molecule has 0 fully saturated rings. The van der Waals surface area contributed by atoms with Gasteiger partial charge < -0.3 is 53.6 Å². The fraction of sp³-hybridized carbons (Fsp3) is 0.500. The summed E-state index contributed by atoms with van der Waals surface area (Å²) in [6.45, 7) is 0.590. The minimum absolute atomic E-state index is 0.0356. The van der Waals surface area contributed by atoms with Gasteiger partial charge in [-0.05, 0) is 37.5 Å². The van der Waals surface area contributed by atoms with E-state index in [4.69, 9.17) is 17.2 Å². The molecule has 0 aromatic heterocycles. The van der Waals surface area contributed by atoms with Crippen molar-refractivity contribution in [2.75, 3.05) is 13.2 Å². The Morgan fingerprint density at radius 2 is 1.54 bits per heavy atom. The normalized spacial score (nSPS) is 14.8. The quantitative estimate of drug-likeness (QED) is 0.0602. The smallest absolute Gasteiger partial charge is 0.328 e. The number of hydrogen-bond donors (Lipinski definition) is 10. The van der Waals surface area contributed by atoms with Crippen molar-refractivity contribution >= 4 is 29.7 Å². The summed E-state index contributed by atoms with van der Waals surface area (Å²) < 4.78 is 0. The van der Waals surface area contributed by atoms with Gasteiger partial charge in [0.25, 0.3) is 0 Å². The summed E-state index contributed by atoms with van der Waals surface area (Å²) in [5.74, 6) is -4.25. The van der Waals surface area contributed by atoms with Crippen LogP contribution in [0.2, 0.25) is 0 Å². The molecule has 0 bridgehead atoms. The highest BCUT2D eigenvalue weighted by Gasteiger charge is 2.31. The molecule has 37 heavy (non-hydrogen) atoms. The number of amides is 3. The fourth-order valence-electron chi connectivity index (χ4n) is 3.12. The third-order valence-electron chi connectivity index (χ3n) is 5.18. The molecular formula is C22H35N7O8. The van der Waals surface area contributed by atoms with Gasteiger partial charge in [-0.3, -0.25) is 19.4 Å². The number of aliphatic hydroxyl groups excluding tert-OH is 2. The van der Waals surface area contributed by atoms with Crippen molar-refractivity contribution < 1.29 is 39.6 Å². The van der Waals surface area contributed by atoms with Crippen molar-refractivity contribution in [1.29, 1.82) is 0 Å². The molecule has 1 aromatic carbocycles. The van der Waals surface area contributed by atoms with E-state index in [1.165, 1.54) is 31.2 Å². The molecule has 0 aliphatic carbocycles. The van der Waals surface area contributed by atoms with Crippen LogP contribution in [-0.4, -0.2) is 93.5 Å². The van der Waals surface area contributed by atoms with Crippen LogP contribution in [0.5, 0.6) is 5.75 Å². The average molecular weight is 526 g/mol. The summed E-state index contributed by atoms with van der Waals surface area (Å²) >= 11 is 0. The number of aliphatic hydroxyl groups is 2. The molecule has 0 aliphatic rings. The Hall–Kier alpha value is -3.95. The maximum absolute atomic E-state index is 12.9. The van der Waals surface area contributed by atoms with Gasteiger partial charge in [0.15, 0.2) is 12.0 Å². The Morgan fingerprint density at radius 3 is 2.05 bits per heavy atom. The van der Waals surface area contributed by atoms with E-state index in [9.17, 15) is 39.6 Å². The zero-order valence-electron chi connectivity index (χ0n) is 20.3. The standard InChI is InChI=1S/C22H35N7O8/c1-11(31)17(21(36)37)29-19(34)15(9-12-4-6-13(32)7-5-12)27-20(35)16(10-30)28-18(33)14(23)3-2-8-26-22(24)25/h4-7,11,14-17,30-32H,2-3,8-10,23H2,1H3,(H,27,35)(H,28,33)(H,29,34)(H,36,37)(H4,24,25,26). The molecule has 0 aliphatic heterocycles. The number of phenols is 1. The predicted octanol–water partition coefficient (Wildman–Crippen LogP) is -3.77. The van der Waals surface area contributed by atoms with Crippen molar-refractivity contribution in [2.24, 2.45) is 22.2 Å². The molecule has 0 heterocycles. The van der Waals surface area contributed by atoms with Crippen LogP contribution in [0.15, 0.2) is 29.3 Å². The third-order valence-corrected chi connectivity index (χ3v) is 5.18. The second-order valence-electron chi connectivity index (χ2n) is 8.30. The van der Waals surface area contributed by atoms with Crippen LogP contribution >= 0.6 is 0 Å². The third kappa shape index (κ3) is 11.1. The molecular weight excluding hydrogens is 490 g/mol. The van der Waals surface area contributed by atoms with Gasteiger partial charge in [-0.25, -0.2) is 4.79 Å². The number of nitrogens with one attached hydrogen (secondary N) is 3. The van der Waals surface area contributed by atoms with E-state index in [2.05, 4.69) is 20.9 Å². The number of carbonyl (C=O) groups excluding carboxylic acids is 3. The first-order valence-electron chi connectivity index (χ1n) is 11.4. The van der Waals surface area contributed by atoms with Gasteiger partial charge in [0.05, 0.1) is 18.8 Å². The van der Waals surface area contributed by atoms with E-state index in [-0.39, 0.29) is 31.1 Å². The van der Waals surface area contributed by atoms with Crippen LogP contribution in [-0.2, 0) is 25.6 Å². The van der Waals surface area contributed by atoms with Crippen LogP contribution in [0.25, 0.3) is 0 Å². The predicted molar refractivity (Wildman–Crippen MR) is 132 cm³/mol. The highest BCUT2D eigenvalue weighted by Crippen LogP contribution is 2.12. The van der Waals surface area contributed by atoms with Crippen LogP contribution < -0.4 is 33.2 Å². The maximum atomic E-state index is 12.9. The summed E-state index contributed by atoms with van der Waals surface area (Å²) in [6, 6.07) is 0.151. The molecule has 15 heteroatoms. The number of benzene rings is 1. The number of nitrogens with two attached hydrogens (primary N) is 3. The number of phenolic OH excluding ortho intramolecular Hbond substituents is 1. The molecule has 0 spiro atoms. The monoisotopic (exact) mass is 525 g/mol. The van der Waals surface area contributed by atoms with Crippen molar-refractivity contribution in [2.45, 2.75) is 56.5 Å². The van der Waals surface area contributed by atoms with E-state index < -0.39 is 60.6 Å². The van der Waals surface area contributed by atoms with Crippen molar-refractivity contribution in [3.63, 3.8) is 0 Å². The van der Waals surface area contributed by atoms with Crippen LogP contribution in [0.3, 0.4) is 0 Å². The first-order chi connectivity index (χ1) is 17.3. The van der Waals surface area contributed by atoms with Gasteiger partial charge in [0, 0.05) is 13.0 Å². The molecule has 0 radical (unpaired) electrons. The number of aliphatic carboxylic acids is 1. The van der Waals surface area contributed by atoms with E-state index in [1.54, 1.807) is 0 Å². The Morgan fingerprint density at radius 1 is 0.973 bits per heavy atom. The van der Waals surface area contributed by atoms with Gasteiger partial charge in [0.1, 0.15) is 17.8 Å². The molecule has 3 amide bonds. The number of guanidine groups is 1. The zero-order valence-corrected chi connectivity index (χ0v) is 20.3. The number of aromatic hydroxyl groups is 1. The Kier molecular flexibility index (Phi) is 12.8. The van der Waals surface area contributed by atoms with Crippen LogP contribution in [0, 0.1) is 0 Å². The number of hydrogen-bond acceptors (Lipinski definition) is 9. The van der Waals surface area contributed by atoms with Crippen LogP contribution in [0.1, 0.15) is 25.3 Å². The lowest BCUT2D eigenvalue weighted by atomic mass is 10.0. The van der Waals surface area contributed by atoms with Crippen molar-refractivity contribution in [1.82, 2.24) is 16.0 Å². The molecule has 1 rings (SSSR count). The second-order valence-corrected chi connectivity index (χ2v) is 8.30. The first-order valence-corrected chi connectivity index (χ1v) is 11.4. The number of carboxylic acids is 1. The number of carbonyl (C=O) groups is 4. The first kappa shape index (κ1) is 31.1. The number of carboxylic acid groups (broad SMARTS) is 1. The Balaban J connectivity index is 2.95.